The molecule has 0 fully saturated rings. The summed E-state index contributed by atoms with van der Waals surface area (Å²) in [6.45, 7) is 0. The van der Waals surface area contributed by atoms with Gasteiger partial charge in [0.2, 0.25) is 0 Å². The molecule has 0 saturated carbocycles. The van der Waals surface area contributed by atoms with Crippen LogP contribution in [-0.4, -0.2) is 0 Å². The molecule has 0 unspecified atom stereocenters. The van der Waals surface area contributed by atoms with Crippen LogP contribution < -0.4 is 0 Å². The fourth-order valence-corrected chi connectivity index (χ4v) is 3.60. The molecule has 0 amide bonds. The monoisotopic (exact) mass is 293 g/mol. The van der Waals surface area contributed by atoms with Gasteiger partial charge in [-0.15, -0.1) is 0 Å². The second-order valence-electron chi connectivity index (χ2n) is 4.22. The maximum absolute atomic E-state index is 3.29. The lowest BCUT2D eigenvalue weighted by molar-refractivity contribution is 1.30. The Kier molecular flexibility index (Phi) is 4.46. The van der Waals surface area contributed by atoms with Crippen molar-refractivity contribution in [2.45, 2.75) is 19.6 Å². The third-order valence-corrected chi connectivity index (χ3v) is 4.66. The minimum Gasteiger partial charge on any atom is -0.0901 e. The maximum atomic E-state index is 3.29. The topological polar surface area (TPSA) is 0 Å². The van der Waals surface area contributed by atoms with Crippen molar-refractivity contribution in [2.24, 2.45) is 0 Å². The van der Waals surface area contributed by atoms with Crippen molar-refractivity contribution in [3.63, 3.8) is 0 Å². The summed E-state index contributed by atoms with van der Waals surface area (Å²) in [5.74, 6) is 0. The van der Waals surface area contributed by atoms with Crippen LogP contribution in [0.15, 0.2) is 98.4 Å². The zero-order valence-corrected chi connectivity index (χ0v) is 12.5. The molecule has 0 N–H and O–H groups in total. The molecule has 2 heteroatoms. The Labute approximate surface area is 128 Å². The smallest absolute Gasteiger partial charge is 0.0212 e. The lowest BCUT2D eigenvalue weighted by atomic mass is 10.4. The van der Waals surface area contributed by atoms with Crippen LogP contribution in [0.2, 0.25) is 0 Å². The molecular weight excluding hydrogens is 280 g/mol. The lowest BCUT2D eigenvalue weighted by Crippen LogP contribution is -1.77. The third-order valence-electron chi connectivity index (χ3n) is 2.70. The van der Waals surface area contributed by atoms with Crippen LogP contribution in [0, 0.1) is 6.07 Å². The molecular formula is C18H13S2. The molecule has 0 aliphatic heterocycles. The zero-order chi connectivity index (χ0) is 13.6. The van der Waals surface area contributed by atoms with Gasteiger partial charge in [-0.2, -0.15) is 0 Å². The molecule has 20 heavy (non-hydrogen) atoms. The first-order valence-electron chi connectivity index (χ1n) is 6.38. The summed E-state index contributed by atoms with van der Waals surface area (Å²) in [4.78, 5) is 4.89. The molecule has 3 rings (SSSR count). The number of rotatable bonds is 4. The first kappa shape index (κ1) is 13.3. The van der Waals surface area contributed by atoms with Crippen molar-refractivity contribution in [1.82, 2.24) is 0 Å². The fourth-order valence-electron chi connectivity index (χ4n) is 1.79. The summed E-state index contributed by atoms with van der Waals surface area (Å²) in [5.41, 5.74) is 0. The van der Waals surface area contributed by atoms with E-state index < -0.39 is 0 Å². The molecule has 0 spiro atoms. The maximum Gasteiger partial charge on any atom is 0.0212 e. The summed E-state index contributed by atoms with van der Waals surface area (Å²) < 4.78 is 0. The highest BCUT2D eigenvalue weighted by Crippen LogP contribution is 2.32. The molecule has 0 heterocycles. The van der Waals surface area contributed by atoms with Gasteiger partial charge in [0.1, 0.15) is 0 Å². The highest BCUT2D eigenvalue weighted by Gasteiger charge is 2.01. The summed E-state index contributed by atoms with van der Waals surface area (Å²) in [5, 5.41) is 0. The van der Waals surface area contributed by atoms with Crippen LogP contribution in [-0.2, 0) is 0 Å². The minimum absolute atomic E-state index is 1.15. The van der Waals surface area contributed by atoms with E-state index in [1.165, 1.54) is 14.7 Å². The second-order valence-corrected chi connectivity index (χ2v) is 6.48. The number of hydrogen-bond donors (Lipinski definition) is 0. The first-order chi connectivity index (χ1) is 9.90. The molecule has 0 bridgehead atoms. The van der Waals surface area contributed by atoms with Gasteiger partial charge >= 0.3 is 0 Å². The average Bonchev–Trinajstić information content (AvgIpc) is 2.50. The Morgan fingerprint density at radius 2 is 1.20 bits per heavy atom. The summed E-state index contributed by atoms with van der Waals surface area (Å²) in [6, 6.07) is 30.4. The Bertz CT molecular complexity index is 607. The van der Waals surface area contributed by atoms with Gasteiger partial charge in [-0.3, -0.25) is 0 Å². The average molecular weight is 293 g/mol. The van der Waals surface area contributed by atoms with Crippen LogP contribution in [0.3, 0.4) is 0 Å². The fraction of sp³-hybridized carbons (Fsp3) is 0. The highest BCUT2D eigenvalue weighted by atomic mass is 32.2. The Hall–Kier alpha value is -1.64. The first-order valence-corrected chi connectivity index (χ1v) is 8.01. The Morgan fingerprint density at radius 1 is 0.600 bits per heavy atom. The van der Waals surface area contributed by atoms with Gasteiger partial charge in [-0.05, 0) is 42.5 Å². The van der Waals surface area contributed by atoms with Crippen LogP contribution in [0.4, 0.5) is 0 Å². The SMILES string of the molecule is [c]1ccc(Sc2ccccc2)cc1Sc1ccccc1. The van der Waals surface area contributed by atoms with Crippen molar-refractivity contribution in [3.8, 4) is 0 Å². The summed E-state index contributed by atoms with van der Waals surface area (Å²) in [7, 11) is 0. The van der Waals surface area contributed by atoms with Crippen molar-refractivity contribution in [1.29, 1.82) is 0 Å². The molecule has 97 valence electrons. The van der Waals surface area contributed by atoms with Crippen molar-refractivity contribution in [2.75, 3.05) is 0 Å². The largest absolute Gasteiger partial charge is 0.0901 e. The molecule has 0 atom stereocenters. The summed E-state index contributed by atoms with van der Waals surface area (Å²) >= 11 is 3.52. The van der Waals surface area contributed by atoms with Crippen LogP contribution in [0.5, 0.6) is 0 Å². The van der Waals surface area contributed by atoms with E-state index >= 15 is 0 Å². The van der Waals surface area contributed by atoms with E-state index in [9.17, 15) is 0 Å². The number of hydrogen-bond acceptors (Lipinski definition) is 2. The van der Waals surface area contributed by atoms with Gasteiger partial charge in [-0.25, -0.2) is 0 Å². The quantitative estimate of drug-likeness (QED) is 0.597. The van der Waals surface area contributed by atoms with Gasteiger partial charge in [0.05, 0.1) is 0 Å². The lowest BCUT2D eigenvalue weighted by Gasteiger charge is -2.05. The van der Waals surface area contributed by atoms with Crippen molar-refractivity contribution in [3.05, 3.63) is 84.9 Å². The predicted molar refractivity (Wildman–Crippen MR) is 86.4 cm³/mol. The molecule has 0 saturated heterocycles. The van der Waals surface area contributed by atoms with Crippen molar-refractivity contribution < 1.29 is 0 Å². The van der Waals surface area contributed by atoms with Gasteiger partial charge < -0.3 is 0 Å². The van der Waals surface area contributed by atoms with Crippen molar-refractivity contribution >= 4 is 23.5 Å². The summed E-state index contributed by atoms with van der Waals surface area (Å²) in [6.07, 6.45) is 0. The number of benzene rings is 3. The van der Waals surface area contributed by atoms with Crippen LogP contribution >= 0.6 is 23.5 Å². The van der Waals surface area contributed by atoms with Gasteiger partial charge in [0.15, 0.2) is 0 Å². The zero-order valence-electron chi connectivity index (χ0n) is 10.8. The molecule has 1 radical (unpaired) electrons. The Morgan fingerprint density at radius 3 is 1.85 bits per heavy atom. The van der Waals surface area contributed by atoms with E-state index in [-0.39, 0.29) is 0 Å². The second kappa shape index (κ2) is 6.69. The van der Waals surface area contributed by atoms with Crippen LogP contribution in [0.1, 0.15) is 0 Å². The molecule has 0 aliphatic carbocycles. The van der Waals surface area contributed by atoms with Gasteiger partial charge in [0, 0.05) is 19.6 Å². The molecule has 0 nitrogen and oxygen atoms in total. The minimum atomic E-state index is 1.15. The van der Waals surface area contributed by atoms with E-state index in [0.717, 1.165) is 4.90 Å². The molecule has 3 aromatic carbocycles. The van der Waals surface area contributed by atoms with Gasteiger partial charge in [0.25, 0.3) is 0 Å². The molecule has 3 aromatic rings. The molecule has 0 aromatic heterocycles. The van der Waals surface area contributed by atoms with E-state index in [1.54, 1.807) is 23.5 Å². The third kappa shape index (κ3) is 3.69. The van der Waals surface area contributed by atoms with E-state index in [0.29, 0.717) is 0 Å². The molecule has 0 aliphatic rings. The standard InChI is InChI=1S/C18H13S2/c1-3-8-15(9-4-1)19-17-12-7-13-18(14-17)20-16-10-5-2-6-11-16/h1-12,14H. The predicted octanol–water partition coefficient (Wildman–Crippen LogP) is 5.79. The van der Waals surface area contributed by atoms with E-state index in [2.05, 4.69) is 66.7 Å². The van der Waals surface area contributed by atoms with Gasteiger partial charge in [-0.1, -0.05) is 66.0 Å². The normalized spacial score (nSPS) is 10.4. The Balaban J connectivity index is 1.76. The van der Waals surface area contributed by atoms with E-state index in [4.69, 9.17) is 0 Å². The van der Waals surface area contributed by atoms with E-state index in [1.807, 2.05) is 18.2 Å². The highest BCUT2D eigenvalue weighted by molar-refractivity contribution is 8.00. The van der Waals surface area contributed by atoms with Crippen LogP contribution in [0.25, 0.3) is 0 Å².